The summed E-state index contributed by atoms with van der Waals surface area (Å²) in [4.78, 5) is 16.1. The number of likely N-dealkylation sites (N-methyl/N-ethyl adjacent to an activating group) is 1. The first kappa shape index (κ1) is 16.6. The van der Waals surface area contributed by atoms with Gasteiger partial charge in [-0.1, -0.05) is 0 Å². The third-order valence-electron chi connectivity index (χ3n) is 3.87. The van der Waals surface area contributed by atoms with Crippen molar-refractivity contribution in [2.24, 2.45) is 0 Å². The van der Waals surface area contributed by atoms with Gasteiger partial charge in [0.25, 0.3) is 0 Å². The van der Waals surface area contributed by atoms with Crippen molar-refractivity contribution in [3.05, 3.63) is 23.8 Å². The van der Waals surface area contributed by atoms with Gasteiger partial charge in [0.2, 0.25) is 5.91 Å². The number of carbonyl (C=O) groups excluding carboxylic acids is 1. The summed E-state index contributed by atoms with van der Waals surface area (Å²) in [5.74, 6) is 1.78. The van der Waals surface area contributed by atoms with Crippen LogP contribution >= 0.6 is 0 Å². The molecule has 6 heteroatoms. The van der Waals surface area contributed by atoms with Crippen LogP contribution in [-0.4, -0.2) is 69.7 Å². The largest absolute Gasteiger partial charge is 0.497 e. The molecule has 1 fully saturated rings. The summed E-state index contributed by atoms with van der Waals surface area (Å²) in [5.41, 5.74) is 1.16. The molecule has 1 aliphatic rings. The Labute approximate surface area is 132 Å². The van der Waals surface area contributed by atoms with Gasteiger partial charge in [0.05, 0.1) is 20.8 Å². The zero-order chi connectivity index (χ0) is 15.9. The van der Waals surface area contributed by atoms with Gasteiger partial charge in [0.15, 0.2) is 0 Å². The number of piperazine rings is 1. The first-order valence-corrected chi connectivity index (χ1v) is 7.53. The van der Waals surface area contributed by atoms with Crippen LogP contribution in [0.25, 0.3) is 0 Å². The van der Waals surface area contributed by atoms with Gasteiger partial charge < -0.3 is 19.7 Å². The van der Waals surface area contributed by atoms with Crippen LogP contribution < -0.4 is 14.8 Å². The maximum atomic E-state index is 11.8. The second-order valence-electron chi connectivity index (χ2n) is 5.41. The molecule has 0 bridgehead atoms. The molecular weight excluding hydrogens is 282 g/mol. The lowest BCUT2D eigenvalue weighted by Crippen LogP contribution is -2.50. The summed E-state index contributed by atoms with van der Waals surface area (Å²) in [6.45, 7) is 4.57. The van der Waals surface area contributed by atoms with Crippen molar-refractivity contribution >= 4 is 5.91 Å². The van der Waals surface area contributed by atoms with Crippen LogP contribution in [0.2, 0.25) is 0 Å². The lowest BCUT2D eigenvalue weighted by Gasteiger charge is -2.34. The third kappa shape index (κ3) is 4.35. The van der Waals surface area contributed by atoms with E-state index >= 15 is 0 Å². The molecule has 22 heavy (non-hydrogen) atoms. The molecule has 0 radical (unpaired) electrons. The molecule has 0 atom stereocenters. The predicted molar refractivity (Wildman–Crippen MR) is 85.3 cm³/mol. The molecule has 122 valence electrons. The fourth-order valence-corrected chi connectivity index (χ4v) is 2.63. The Bertz CT molecular complexity index is 477. The molecule has 1 amide bonds. The molecule has 1 aliphatic heterocycles. The van der Waals surface area contributed by atoms with E-state index in [4.69, 9.17) is 9.47 Å². The molecular formula is C16H25N3O3. The van der Waals surface area contributed by atoms with E-state index in [9.17, 15) is 4.79 Å². The van der Waals surface area contributed by atoms with Gasteiger partial charge in [-0.3, -0.25) is 9.69 Å². The van der Waals surface area contributed by atoms with E-state index in [1.807, 2.05) is 23.1 Å². The maximum Gasteiger partial charge on any atom is 0.236 e. The Morgan fingerprint density at radius 2 is 1.68 bits per heavy atom. The average molecular weight is 307 g/mol. The Morgan fingerprint density at radius 1 is 1.09 bits per heavy atom. The number of hydrogen-bond donors (Lipinski definition) is 1. The Hall–Kier alpha value is -1.79. The first-order chi connectivity index (χ1) is 10.7. The highest BCUT2D eigenvalue weighted by molar-refractivity contribution is 5.78. The molecule has 1 aromatic rings. The van der Waals surface area contributed by atoms with Gasteiger partial charge in [0, 0.05) is 38.8 Å². The number of nitrogens with zero attached hydrogens (tertiary/aromatic N) is 2. The summed E-state index contributed by atoms with van der Waals surface area (Å²) < 4.78 is 10.6. The van der Waals surface area contributed by atoms with Gasteiger partial charge in [-0.15, -0.1) is 0 Å². The van der Waals surface area contributed by atoms with E-state index in [0.29, 0.717) is 6.54 Å². The lowest BCUT2D eigenvalue weighted by molar-refractivity contribution is -0.131. The summed E-state index contributed by atoms with van der Waals surface area (Å²) in [5, 5.41) is 2.91. The summed E-state index contributed by atoms with van der Waals surface area (Å²) in [6, 6.07) is 5.93. The van der Waals surface area contributed by atoms with Crippen molar-refractivity contribution in [3.63, 3.8) is 0 Å². The summed E-state index contributed by atoms with van der Waals surface area (Å²) in [6.07, 6.45) is 0. The van der Waals surface area contributed by atoms with Gasteiger partial charge >= 0.3 is 0 Å². The minimum absolute atomic E-state index is 0.171. The van der Waals surface area contributed by atoms with Crippen molar-refractivity contribution in [1.82, 2.24) is 15.1 Å². The smallest absolute Gasteiger partial charge is 0.236 e. The minimum atomic E-state index is 0.171. The van der Waals surface area contributed by atoms with Crippen LogP contribution in [0.3, 0.4) is 0 Å². The number of methoxy groups -OCH3 is 2. The molecule has 2 rings (SSSR count). The summed E-state index contributed by atoms with van der Waals surface area (Å²) in [7, 11) is 5.11. The second kappa shape index (κ2) is 8.00. The minimum Gasteiger partial charge on any atom is -0.497 e. The average Bonchev–Trinajstić information content (AvgIpc) is 2.55. The van der Waals surface area contributed by atoms with E-state index < -0.39 is 0 Å². The van der Waals surface area contributed by atoms with Crippen molar-refractivity contribution in [1.29, 1.82) is 0 Å². The Morgan fingerprint density at radius 3 is 2.18 bits per heavy atom. The van der Waals surface area contributed by atoms with E-state index in [0.717, 1.165) is 49.8 Å². The van der Waals surface area contributed by atoms with E-state index in [2.05, 4.69) is 10.2 Å². The molecule has 0 aliphatic carbocycles. The zero-order valence-corrected chi connectivity index (χ0v) is 13.6. The van der Waals surface area contributed by atoms with Crippen LogP contribution in [0, 0.1) is 0 Å². The maximum absolute atomic E-state index is 11.8. The monoisotopic (exact) mass is 307 g/mol. The normalized spacial score (nSPS) is 15.7. The van der Waals surface area contributed by atoms with Crippen LogP contribution in [0.1, 0.15) is 5.56 Å². The van der Waals surface area contributed by atoms with Gasteiger partial charge in [-0.2, -0.15) is 0 Å². The number of benzene rings is 1. The molecule has 0 spiro atoms. The quantitative estimate of drug-likeness (QED) is 0.833. The standard InChI is InChI=1S/C16H25N3O3/c1-17-11-16(20)19-6-4-18(5-7-19)12-13-8-14(21-2)10-15(9-13)22-3/h8-10,17H,4-7,11-12H2,1-3H3. The number of hydrogen-bond acceptors (Lipinski definition) is 5. The highest BCUT2D eigenvalue weighted by atomic mass is 16.5. The third-order valence-corrected chi connectivity index (χ3v) is 3.87. The predicted octanol–water partition coefficient (Wildman–Crippen LogP) is 0.567. The topological polar surface area (TPSA) is 54.0 Å². The molecule has 1 N–H and O–H groups in total. The van der Waals surface area contributed by atoms with E-state index in [-0.39, 0.29) is 5.91 Å². The van der Waals surface area contributed by atoms with Gasteiger partial charge in [0.1, 0.15) is 11.5 Å². The summed E-state index contributed by atoms with van der Waals surface area (Å²) >= 11 is 0. The van der Waals surface area contributed by atoms with Crippen LogP contribution in [0.5, 0.6) is 11.5 Å². The van der Waals surface area contributed by atoms with E-state index in [1.165, 1.54) is 0 Å². The van der Waals surface area contributed by atoms with Crippen molar-refractivity contribution in [2.75, 3.05) is 54.0 Å². The molecule has 0 saturated carbocycles. The van der Waals surface area contributed by atoms with Crippen LogP contribution in [0.15, 0.2) is 18.2 Å². The fourth-order valence-electron chi connectivity index (χ4n) is 2.63. The number of ether oxygens (including phenoxy) is 2. The second-order valence-corrected chi connectivity index (χ2v) is 5.41. The zero-order valence-electron chi connectivity index (χ0n) is 13.6. The SMILES string of the molecule is CNCC(=O)N1CCN(Cc2cc(OC)cc(OC)c2)CC1. The van der Waals surface area contributed by atoms with Gasteiger partial charge in [-0.05, 0) is 24.7 Å². The number of amides is 1. The molecule has 1 heterocycles. The molecule has 1 aromatic carbocycles. The Balaban J connectivity index is 1.92. The fraction of sp³-hybridized carbons (Fsp3) is 0.562. The Kier molecular flexibility index (Phi) is 6.03. The highest BCUT2D eigenvalue weighted by Crippen LogP contribution is 2.23. The van der Waals surface area contributed by atoms with Crippen molar-refractivity contribution in [2.45, 2.75) is 6.54 Å². The molecule has 0 aromatic heterocycles. The van der Waals surface area contributed by atoms with Crippen molar-refractivity contribution in [3.8, 4) is 11.5 Å². The number of rotatable bonds is 6. The van der Waals surface area contributed by atoms with Crippen molar-refractivity contribution < 1.29 is 14.3 Å². The van der Waals surface area contributed by atoms with Crippen LogP contribution in [-0.2, 0) is 11.3 Å². The molecule has 1 saturated heterocycles. The van der Waals surface area contributed by atoms with E-state index in [1.54, 1.807) is 21.3 Å². The number of carbonyl (C=O) groups is 1. The lowest BCUT2D eigenvalue weighted by atomic mass is 10.1. The van der Waals surface area contributed by atoms with Crippen LogP contribution in [0.4, 0.5) is 0 Å². The number of nitrogens with one attached hydrogen (secondary N) is 1. The first-order valence-electron chi connectivity index (χ1n) is 7.53. The van der Waals surface area contributed by atoms with Gasteiger partial charge in [-0.25, -0.2) is 0 Å². The highest BCUT2D eigenvalue weighted by Gasteiger charge is 2.20. The molecule has 0 unspecified atom stereocenters. The molecule has 6 nitrogen and oxygen atoms in total.